The molecule has 2 rings (SSSR count). The molecule has 21 heavy (non-hydrogen) atoms. The number of phenolic OH excluding ortho intramolecular Hbond substituents is 1. The molecule has 114 valence electrons. The number of amides is 1. The minimum Gasteiger partial charge on any atom is -0.502 e. The zero-order chi connectivity index (χ0) is 15.6. The third-order valence-electron chi connectivity index (χ3n) is 4.13. The maximum Gasteiger partial charge on any atom is 0.311 e. The average Bonchev–Trinajstić information content (AvgIpc) is 2.41. The first-order valence-electron chi connectivity index (χ1n) is 7.07. The lowest BCUT2D eigenvalue weighted by Gasteiger charge is -2.34. The first-order valence-corrected chi connectivity index (χ1v) is 7.07. The van der Waals surface area contributed by atoms with Crippen molar-refractivity contribution in [2.75, 3.05) is 0 Å². The van der Waals surface area contributed by atoms with E-state index in [9.17, 15) is 20.0 Å². The highest BCUT2D eigenvalue weighted by Crippen LogP contribution is 2.35. The van der Waals surface area contributed by atoms with Gasteiger partial charge in [0.1, 0.15) is 0 Å². The topological polar surface area (TPSA) is 92.5 Å². The Labute approximate surface area is 123 Å². The first kappa shape index (κ1) is 15.3. The van der Waals surface area contributed by atoms with Crippen LogP contribution < -0.4 is 5.32 Å². The number of carbonyl (C=O) groups is 1. The number of benzene rings is 1. The predicted molar refractivity (Wildman–Crippen MR) is 78.3 cm³/mol. The molecule has 0 unspecified atom stereocenters. The average molecular weight is 292 g/mol. The quantitative estimate of drug-likeness (QED) is 0.661. The first-order chi connectivity index (χ1) is 9.80. The lowest BCUT2D eigenvalue weighted by atomic mass is 9.75. The molecule has 1 saturated carbocycles. The fourth-order valence-electron chi connectivity index (χ4n) is 2.67. The summed E-state index contributed by atoms with van der Waals surface area (Å²) in [5.41, 5.74) is -0.198. The summed E-state index contributed by atoms with van der Waals surface area (Å²) in [6.07, 6.45) is 3.82. The normalized spacial score (nSPS) is 18.2. The minimum atomic E-state index is -0.699. The molecule has 1 fully saturated rings. The molecular formula is C15H20N2O4. The number of hydrogen-bond acceptors (Lipinski definition) is 4. The maximum atomic E-state index is 12.2. The Kier molecular flexibility index (Phi) is 4.16. The Balaban J connectivity index is 2.08. The summed E-state index contributed by atoms with van der Waals surface area (Å²) in [6, 6.07) is 4.03. The van der Waals surface area contributed by atoms with Gasteiger partial charge in [0.25, 0.3) is 5.91 Å². The number of nitrogens with one attached hydrogen (secondary N) is 1. The summed E-state index contributed by atoms with van der Waals surface area (Å²) in [6.45, 7) is 4.41. The molecule has 1 aromatic rings. The van der Waals surface area contributed by atoms with Crippen molar-refractivity contribution in [3.8, 4) is 5.75 Å². The number of nitrogens with zero attached hydrogens (tertiary/aromatic N) is 1. The van der Waals surface area contributed by atoms with Crippen LogP contribution in [-0.2, 0) is 0 Å². The fourth-order valence-corrected chi connectivity index (χ4v) is 2.67. The van der Waals surface area contributed by atoms with Crippen LogP contribution in [0.2, 0.25) is 0 Å². The third-order valence-corrected chi connectivity index (χ3v) is 4.13. The van der Waals surface area contributed by atoms with Crippen LogP contribution >= 0.6 is 0 Å². The largest absolute Gasteiger partial charge is 0.502 e. The van der Waals surface area contributed by atoms with Crippen LogP contribution in [0.5, 0.6) is 5.75 Å². The molecule has 1 aliphatic rings. The van der Waals surface area contributed by atoms with Crippen LogP contribution in [0.15, 0.2) is 18.2 Å². The van der Waals surface area contributed by atoms with Crippen molar-refractivity contribution in [1.29, 1.82) is 0 Å². The molecule has 2 N–H and O–H groups in total. The summed E-state index contributed by atoms with van der Waals surface area (Å²) in [4.78, 5) is 22.2. The van der Waals surface area contributed by atoms with Gasteiger partial charge >= 0.3 is 5.69 Å². The standard InChI is InChI=1S/C15H20N2O4/c1-15(2)8-6-10(7-9-15)16-14(19)11-4-3-5-12(13(11)18)17(20)21/h3-5,10,18H,6-9H2,1-2H3,(H,16,19). The number of nitro benzene ring substituents is 1. The molecular weight excluding hydrogens is 272 g/mol. The highest BCUT2D eigenvalue weighted by atomic mass is 16.6. The van der Waals surface area contributed by atoms with Gasteiger partial charge in [-0.05, 0) is 37.2 Å². The summed E-state index contributed by atoms with van der Waals surface area (Å²) >= 11 is 0. The molecule has 0 aromatic heterocycles. The Hall–Kier alpha value is -2.11. The number of phenols is 1. The van der Waals surface area contributed by atoms with Crippen molar-refractivity contribution >= 4 is 11.6 Å². The van der Waals surface area contributed by atoms with Gasteiger partial charge in [-0.1, -0.05) is 19.9 Å². The van der Waals surface area contributed by atoms with E-state index in [1.807, 2.05) is 0 Å². The molecule has 0 heterocycles. The second-order valence-corrected chi connectivity index (χ2v) is 6.34. The maximum absolute atomic E-state index is 12.2. The van der Waals surface area contributed by atoms with E-state index in [-0.39, 0.29) is 11.6 Å². The number of aromatic hydroxyl groups is 1. The fraction of sp³-hybridized carbons (Fsp3) is 0.533. The highest BCUT2D eigenvalue weighted by molar-refractivity contribution is 5.98. The van der Waals surface area contributed by atoms with E-state index in [2.05, 4.69) is 19.2 Å². The molecule has 0 radical (unpaired) electrons. The van der Waals surface area contributed by atoms with Gasteiger partial charge in [0, 0.05) is 12.1 Å². The molecule has 6 nitrogen and oxygen atoms in total. The van der Waals surface area contributed by atoms with Crippen molar-refractivity contribution in [2.24, 2.45) is 5.41 Å². The molecule has 6 heteroatoms. The number of rotatable bonds is 3. The van der Waals surface area contributed by atoms with Crippen molar-refractivity contribution < 1.29 is 14.8 Å². The van der Waals surface area contributed by atoms with E-state index in [1.54, 1.807) is 0 Å². The van der Waals surface area contributed by atoms with Gasteiger partial charge in [-0.25, -0.2) is 0 Å². The van der Waals surface area contributed by atoms with Crippen molar-refractivity contribution in [2.45, 2.75) is 45.6 Å². The van der Waals surface area contributed by atoms with Crippen LogP contribution in [-0.4, -0.2) is 22.0 Å². The van der Waals surface area contributed by atoms with Crippen molar-refractivity contribution in [1.82, 2.24) is 5.32 Å². The Morgan fingerprint density at radius 3 is 2.57 bits per heavy atom. The van der Waals surface area contributed by atoms with Gasteiger partial charge in [0.2, 0.25) is 5.75 Å². The highest BCUT2D eigenvalue weighted by Gasteiger charge is 2.29. The summed E-state index contributed by atoms with van der Waals surface area (Å²) < 4.78 is 0. The molecule has 0 bridgehead atoms. The van der Waals surface area contributed by atoms with Gasteiger partial charge in [-0.3, -0.25) is 14.9 Å². The van der Waals surface area contributed by atoms with Gasteiger partial charge < -0.3 is 10.4 Å². The van der Waals surface area contributed by atoms with Gasteiger partial charge in [0.05, 0.1) is 10.5 Å². The minimum absolute atomic E-state index is 0.0472. The molecule has 0 spiro atoms. The molecule has 1 amide bonds. The summed E-state index contributed by atoms with van der Waals surface area (Å²) in [7, 11) is 0. The summed E-state index contributed by atoms with van der Waals surface area (Å²) in [5.74, 6) is -1.03. The predicted octanol–water partition coefficient (Wildman–Crippen LogP) is 3.00. The second-order valence-electron chi connectivity index (χ2n) is 6.34. The van der Waals surface area contributed by atoms with Crippen LogP contribution in [0, 0.1) is 15.5 Å². The van der Waals surface area contributed by atoms with E-state index in [0.717, 1.165) is 25.7 Å². The van der Waals surface area contributed by atoms with Crippen molar-refractivity contribution in [3.05, 3.63) is 33.9 Å². The van der Waals surface area contributed by atoms with E-state index in [4.69, 9.17) is 0 Å². The van der Waals surface area contributed by atoms with E-state index < -0.39 is 22.3 Å². The third kappa shape index (κ3) is 3.51. The molecule has 0 aliphatic heterocycles. The lowest BCUT2D eigenvalue weighted by molar-refractivity contribution is -0.385. The SMILES string of the molecule is CC1(C)CCC(NC(=O)c2cccc([N+](=O)[O-])c2O)CC1. The number of carbonyl (C=O) groups excluding carboxylic acids is 1. The summed E-state index contributed by atoms with van der Waals surface area (Å²) in [5, 5.41) is 23.5. The lowest BCUT2D eigenvalue weighted by Crippen LogP contribution is -2.39. The second kappa shape index (κ2) is 5.71. The number of nitro groups is 1. The monoisotopic (exact) mass is 292 g/mol. The van der Waals surface area contributed by atoms with Crippen LogP contribution in [0.3, 0.4) is 0 Å². The van der Waals surface area contributed by atoms with E-state index in [1.165, 1.54) is 18.2 Å². The smallest absolute Gasteiger partial charge is 0.311 e. The Bertz CT molecular complexity index is 559. The molecule has 0 saturated heterocycles. The van der Waals surface area contributed by atoms with Gasteiger partial charge in [0.15, 0.2) is 0 Å². The molecule has 1 aliphatic carbocycles. The van der Waals surface area contributed by atoms with Gasteiger partial charge in [-0.15, -0.1) is 0 Å². The van der Waals surface area contributed by atoms with E-state index in [0.29, 0.717) is 5.41 Å². The number of hydrogen-bond donors (Lipinski definition) is 2. The Morgan fingerprint density at radius 1 is 1.38 bits per heavy atom. The zero-order valence-electron chi connectivity index (χ0n) is 12.3. The molecule has 0 atom stereocenters. The van der Waals surface area contributed by atoms with E-state index >= 15 is 0 Å². The number of para-hydroxylation sites is 1. The van der Waals surface area contributed by atoms with Crippen LogP contribution in [0.25, 0.3) is 0 Å². The zero-order valence-corrected chi connectivity index (χ0v) is 12.3. The van der Waals surface area contributed by atoms with Crippen molar-refractivity contribution in [3.63, 3.8) is 0 Å². The van der Waals surface area contributed by atoms with Crippen LogP contribution in [0.1, 0.15) is 49.9 Å². The van der Waals surface area contributed by atoms with Crippen LogP contribution in [0.4, 0.5) is 5.69 Å². The Morgan fingerprint density at radius 2 is 2.00 bits per heavy atom. The van der Waals surface area contributed by atoms with Gasteiger partial charge in [-0.2, -0.15) is 0 Å². The molecule has 1 aromatic carbocycles.